The van der Waals surface area contributed by atoms with Gasteiger partial charge in [0.2, 0.25) is 0 Å². The van der Waals surface area contributed by atoms with Crippen molar-refractivity contribution in [3.63, 3.8) is 0 Å². The molecule has 8 nitrogen and oxygen atoms in total. The van der Waals surface area contributed by atoms with Crippen LogP contribution in [0.1, 0.15) is 21.9 Å². The summed E-state index contributed by atoms with van der Waals surface area (Å²) in [5.41, 5.74) is -1.23. The maximum absolute atomic E-state index is 13.7. The van der Waals surface area contributed by atoms with Crippen LogP contribution >= 0.6 is 0 Å². The maximum Gasteiger partial charge on any atom is 0.435 e. The monoisotopic (exact) mass is 419 g/mol. The molecule has 0 unspecified atom stereocenters. The number of hydrogen-bond donors (Lipinski definition) is 1. The summed E-state index contributed by atoms with van der Waals surface area (Å²) in [4.78, 5) is 16.7. The van der Waals surface area contributed by atoms with E-state index < -0.39 is 29.3 Å². The first-order chi connectivity index (χ1) is 14.1. The van der Waals surface area contributed by atoms with E-state index >= 15 is 0 Å². The number of nitrogens with one attached hydrogen (secondary N) is 1. The first kappa shape index (κ1) is 19.5. The van der Waals surface area contributed by atoms with Crippen molar-refractivity contribution in [2.75, 3.05) is 5.32 Å². The Morgan fingerprint density at radius 3 is 2.67 bits per heavy atom. The van der Waals surface area contributed by atoms with Crippen LogP contribution in [0, 0.1) is 12.7 Å². The number of aryl methyl sites for hydroxylation is 2. The molecule has 0 fully saturated rings. The van der Waals surface area contributed by atoms with Crippen LogP contribution in [0.5, 0.6) is 0 Å². The standard InChI is InChI=1S/C18H13F4N7O/c1-9-13-7-11(8-23-16(13)28(2)26-9)24-17(30)14-15(18(20,21)22)29(27-25-14)12-5-3-4-10(19)6-12/h3-8H,1-2H3,(H,24,30). The van der Waals surface area contributed by atoms with Gasteiger partial charge in [0, 0.05) is 12.4 Å². The third-order valence-corrected chi connectivity index (χ3v) is 4.33. The minimum absolute atomic E-state index is 0.164. The average Bonchev–Trinajstić information content (AvgIpc) is 3.24. The van der Waals surface area contributed by atoms with Crippen molar-refractivity contribution < 1.29 is 22.4 Å². The van der Waals surface area contributed by atoms with Crippen molar-refractivity contribution in [2.45, 2.75) is 13.1 Å². The van der Waals surface area contributed by atoms with E-state index in [1.165, 1.54) is 18.3 Å². The van der Waals surface area contributed by atoms with Gasteiger partial charge in [0.25, 0.3) is 5.91 Å². The van der Waals surface area contributed by atoms with Crippen molar-refractivity contribution in [2.24, 2.45) is 7.05 Å². The summed E-state index contributed by atoms with van der Waals surface area (Å²) in [5.74, 6) is -1.89. The Bertz CT molecular complexity index is 1280. The number of anilines is 1. The highest BCUT2D eigenvalue weighted by Gasteiger charge is 2.42. The number of carbonyl (C=O) groups is 1. The van der Waals surface area contributed by atoms with Gasteiger partial charge in [-0.1, -0.05) is 11.3 Å². The number of hydrogen-bond acceptors (Lipinski definition) is 5. The molecule has 0 atom stereocenters. The van der Waals surface area contributed by atoms with E-state index in [4.69, 9.17) is 0 Å². The van der Waals surface area contributed by atoms with Crippen LogP contribution in [0.3, 0.4) is 0 Å². The SMILES string of the molecule is Cc1nn(C)c2ncc(NC(=O)c3nnn(-c4cccc(F)c4)c3C(F)(F)F)cc12. The summed E-state index contributed by atoms with van der Waals surface area (Å²) >= 11 is 0. The van der Waals surface area contributed by atoms with E-state index in [-0.39, 0.29) is 11.4 Å². The Morgan fingerprint density at radius 1 is 1.20 bits per heavy atom. The predicted molar refractivity (Wildman–Crippen MR) is 97.5 cm³/mol. The van der Waals surface area contributed by atoms with E-state index in [9.17, 15) is 22.4 Å². The molecular formula is C18H13F4N7O. The van der Waals surface area contributed by atoms with Gasteiger partial charge in [-0.3, -0.25) is 9.48 Å². The molecule has 1 N–H and O–H groups in total. The van der Waals surface area contributed by atoms with Gasteiger partial charge in [0.1, 0.15) is 5.82 Å². The third kappa shape index (κ3) is 3.36. The smallest absolute Gasteiger partial charge is 0.319 e. The number of fused-ring (bicyclic) bond motifs is 1. The van der Waals surface area contributed by atoms with Gasteiger partial charge in [0.15, 0.2) is 17.0 Å². The molecule has 1 amide bonds. The molecule has 0 bridgehead atoms. The molecule has 4 aromatic rings. The minimum atomic E-state index is -4.97. The zero-order valence-corrected chi connectivity index (χ0v) is 15.6. The maximum atomic E-state index is 13.7. The molecule has 1 aromatic carbocycles. The Balaban J connectivity index is 1.73. The van der Waals surface area contributed by atoms with Crippen LogP contribution in [0.25, 0.3) is 16.7 Å². The summed E-state index contributed by atoms with van der Waals surface area (Å²) in [6, 6.07) is 5.92. The molecule has 0 aliphatic rings. The molecule has 30 heavy (non-hydrogen) atoms. The van der Waals surface area contributed by atoms with Gasteiger partial charge in [-0.05, 0) is 31.2 Å². The van der Waals surface area contributed by atoms with E-state index in [2.05, 4.69) is 25.7 Å². The van der Waals surface area contributed by atoms with Crippen molar-refractivity contribution >= 4 is 22.6 Å². The zero-order valence-electron chi connectivity index (χ0n) is 15.6. The van der Waals surface area contributed by atoms with Crippen molar-refractivity contribution in [1.82, 2.24) is 29.8 Å². The zero-order chi connectivity index (χ0) is 21.6. The molecule has 4 rings (SSSR count). The fraction of sp³-hybridized carbons (Fsp3) is 0.167. The third-order valence-electron chi connectivity index (χ3n) is 4.33. The highest BCUT2D eigenvalue weighted by molar-refractivity contribution is 6.04. The number of amides is 1. The number of alkyl halides is 3. The fourth-order valence-electron chi connectivity index (χ4n) is 3.04. The van der Waals surface area contributed by atoms with Crippen molar-refractivity contribution in [3.05, 3.63) is 59.4 Å². The quantitative estimate of drug-likeness (QED) is 0.515. The second-order valence-corrected chi connectivity index (χ2v) is 6.43. The van der Waals surface area contributed by atoms with Crippen LogP contribution in [-0.2, 0) is 13.2 Å². The topological polar surface area (TPSA) is 90.5 Å². The molecule has 12 heteroatoms. The number of benzene rings is 1. The van der Waals surface area contributed by atoms with E-state index in [0.29, 0.717) is 21.4 Å². The molecule has 0 saturated carbocycles. The summed E-state index contributed by atoms with van der Waals surface area (Å²) in [5, 5.41) is 14.0. The molecule has 0 spiro atoms. The van der Waals surface area contributed by atoms with E-state index in [1.54, 1.807) is 24.7 Å². The lowest BCUT2D eigenvalue weighted by Crippen LogP contribution is -2.21. The fourth-order valence-corrected chi connectivity index (χ4v) is 3.04. The Hall–Kier alpha value is -3.83. The van der Waals surface area contributed by atoms with Gasteiger partial charge in [-0.2, -0.15) is 18.3 Å². The van der Waals surface area contributed by atoms with Gasteiger partial charge in [0.05, 0.1) is 23.3 Å². The highest BCUT2D eigenvalue weighted by Crippen LogP contribution is 2.33. The molecule has 3 heterocycles. The number of halogens is 4. The lowest BCUT2D eigenvalue weighted by atomic mass is 10.2. The molecule has 0 saturated heterocycles. The second kappa shape index (κ2) is 6.90. The van der Waals surface area contributed by atoms with Gasteiger partial charge < -0.3 is 5.32 Å². The number of pyridine rings is 1. The van der Waals surface area contributed by atoms with Crippen molar-refractivity contribution in [3.8, 4) is 5.69 Å². The minimum Gasteiger partial charge on any atom is -0.319 e. The molecular weight excluding hydrogens is 406 g/mol. The number of aromatic nitrogens is 6. The second-order valence-electron chi connectivity index (χ2n) is 6.43. The Kier molecular flexibility index (Phi) is 4.48. The normalized spacial score (nSPS) is 11.8. The largest absolute Gasteiger partial charge is 0.435 e. The van der Waals surface area contributed by atoms with Crippen LogP contribution in [-0.4, -0.2) is 35.7 Å². The number of rotatable bonds is 3. The van der Waals surface area contributed by atoms with E-state index in [1.807, 2.05) is 0 Å². The molecule has 0 aliphatic heterocycles. The lowest BCUT2D eigenvalue weighted by molar-refractivity contribution is -0.143. The molecule has 0 aliphatic carbocycles. The Labute approximate surface area is 166 Å². The highest BCUT2D eigenvalue weighted by atomic mass is 19.4. The van der Waals surface area contributed by atoms with Crippen molar-refractivity contribution in [1.29, 1.82) is 0 Å². The van der Waals surface area contributed by atoms with Gasteiger partial charge in [-0.15, -0.1) is 5.10 Å². The molecule has 3 aromatic heterocycles. The number of nitrogens with zero attached hydrogens (tertiary/aromatic N) is 6. The van der Waals surface area contributed by atoms with E-state index in [0.717, 1.165) is 12.1 Å². The average molecular weight is 419 g/mol. The molecule has 0 radical (unpaired) electrons. The first-order valence-electron chi connectivity index (χ1n) is 8.54. The summed E-state index contributed by atoms with van der Waals surface area (Å²) in [6.45, 7) is 1.74. The summed E-state index contributed by atoms with van der Waals surface area (Å²) in [7, 11) is 1.70. The predicted octanol–water partition coefficient (Wildman–Crippen LogP) is 3.27. The van der Waals surface area contributed by atoms with Crippen LogP contribution in [0.2, 0.25) is 0 Å². The van der Waals surface area contributed by atoms with Gasteiger partial charge in [-0.25, -0.2) is 14.1 Å². The number of carbonyl (C=O) groups excluding carboxylic acids is 1. The first-order valence-corrected chi connectivity index (χ1v) is 8.54. The Morgan fingerprint density at radius 2 is 1.97 bits per heavy atom. The van der Waals surface area contributed by atoms with Crippen LogP contribution < -0.4 is 5.32 Å². The van der Waals surface area contributed by atoms with Crippen LogP contribution in [0.15, 0.2) is 36.5 Å². The summed E-state index contributed by atoms with van der Waals surface area (Å²) < 4.78 is 56.5. The lowest BCUT2D eigenvalue weighted by Gasteiger charge is -2.11. The summed E-state index contributed by atoms with van der Waals surface area (Å²) in [6.07, 6.45) is -3.67. The van der Waals surface area contributed by atoms with Crippen LogP contribution in [0.4, 0.5) is 23.2 Å². The van der Waals surface area contributed by atoms with Gasteiger partial charge >= 0.3 is 6.18 Å². The molecule has 154 valence electrons.